The van der Waals surface area contributed by atoms with Gasteiger partial charge in [-0.1, -0.05) is 37.3 Å². The van der Waals surface area contributed by atoms with Gasteiger partial charge in [0.25, 0.3) is 0 Å². The minimum Gasteiger partial charge on any atom is -0.497 e. The van der Waals surface area contributed by atoms with Crippen molar-refractivity contribution in [3.05, 3.63) is 60.2 Å². The lowest BCUT2D eigenvalue weighted by Gasteiger charge is -2.31. The van der Waals surface area contributed by atoms with Gasteiger partial charge in [0, 0.05) is 19.0 Å². The average molecular weight is 427 g/mol. The maximum Gasteiger partial charge on any atom is 0.243 e. The minimum absolute atomic E-state index is 0.0127. The van der Waals surface area contributed by atoms with E-state index >= 15 is 0 Å². The monoisotopic (exact) mass is 426 g/mol. The largest absolute Gasteiger partial charge is 0.497 e. The summed E-state index contributed by atoms with van der Waals surface area (Å²) in [6, 6.07) is 16.6. The van der Waals surface area contributed by atoms with E-state index in [0.717, 1.165) is 17.1 Å². The number of para-hydroxylation sites is 1. The van der Waals surface area contributed by atoms with E-state index in [0.29, 0.717) is 32.4 Å². The summed E-state index contributed by atoms with van der Waals surface area (Å²) in [6.07, 6.45) is 1.44. The maximum absolute atomic E-state index is 13.1. The van der Waals surface area contributed by atoms with Crippen LogP contribution < -0.4 is 14.8 Å². The van der Waals surface area contributed by atoms with Crippen LogP contribution in [0.25, 0.3) is 0 Å². The number of carbonyl (C=O) groups excluding carboxylic acids is 2. The van der Waals surface area contributed by atoms with Crippen molar-refractivity contribution in [3.63, 3.8) is 0 Å². The molecule has 1 N–H and O–H groups in total. The third kappa shape index (κ3) is 7.96. The molecule has 0 heterocycles. The highest BCUT2D eigenvalue weighted by atomic mass is 16.5. The number of amides is 2. The summed E-state index contributed by atoms with van der Waals surface area (Å²) < 4.78 is 10.9. The quantitative estimate of drug-likeness (QED) is 0.517. The van der Waals surface area contributed by atoms with Crippen LogP contribution in [-0.4, -0.2) is 42.5 Å². The highest BCUT2D eigenvalue weighted by Crippen LogP contribution is 2.18. The Bertz CT molecular complexity index is 806. The van der Waals surface area contributed by atoms with Crippen LogP contribution in [0.4, 0.5) is 0 Å². The van der Waals surface area contributed by atoms with Crippen molar-refractivity contribution >= 4 is 11.8 Å². The summed E-state index contributed by atoms with van der Waals surface area (Å²) in [5.41, 5.74) is 0.950. The SMILES string of the molecule is CC[C@H](C(=O)NC(C)C)N(Cc1ccc(OC)cc1)C(=O)CCCOc1ccccc1. The first kappa shape index (κ1) is 24.3. The molecule has 1 atom stereocenters. The fraction of sp³-hybridized carbons (Fsp3) is 0.440. The second kappa shape index (κ2) is 12.6. The third-order valence-corrected chi connectivity index (χ3v) is 4.88. The number of ether oxygens (including phenoxy) is 2. The Morgan fingerprint density at radius 2 is 1.68 bits per heavy atom. The molecular formula is C25H34N2O4. The molecule has 2 aromatic carbocycles. The molecule has 0 saturated carbocycles. The van der Waals surface area contributed by atoms with Crippen LogP contribution in [0.1, 0.15) is 45.6 Å². The first-order chi connectivity index (χ1) is 14.9. The molecule has 0 aromatic heterocycles. The lowest BCUT2D eigenvalue weighted by molar-refractivity contribution is -0.141. The van der Waals surface area contributed by atoms with Gasteiger partial charge in [0.1, 0.15) is 17.5 Å². The number of hydrogen-bond donors (Lipinski definition) is 1. The van der Waals surface area contributed by atoms with Crippen LogP contribution in [0, 0.1) is 0 Å². The van der Waals surface area contributed by atoms with Crippen LogP contribution in [0.3, 0.4) is 0 Å². The highest BCUT2D eigenvalue weighted by Gasteiger charge is 2.28. The molecule has 0 spiro atoms. The zero-order valence-corrected chi connectivity index (χ0v) is 19.0. The van der Waals surface area contributed by atoms with Crippen LogP contribution in [0.2, 0.25) is 0 Å². The van der Waals surface area contributed by atoms with Gasteiger partial charge < -0.3 is 19.7 Å². The third-order valence-electron chi connectivity index (χ3n) is 4.88. The lowest BCUT2D eigenvalue weighted by Crippen LogP contribution is -2.50. The molecule has 168 valence electrons. The van der Waals surface area contributed by atoms with Gasteiger partial charge >= 0.3 is 0 Å². The summed E-state index contributed by atoms with van der Waals surface area (Å²) in [5, 5.41) is 2.94. The fourth-order valence-electron chi connectivity index (χ4n) is 3.30. The lowest BCUT2D eigenvalue weighted by atomic mass is 10.1. The smallest absolute Gasteiger partial charge is 0.243 e. The second-order valence-corrected chi connectivity index (χ2v) is 7.72. The molecule has 0 aliphatic carbocycles. The molecule has 0 aliphatic heterocycles. The molecule has 2 rings (SSSR count). The van der Waals surface area contributed by atoms with E-state index < -0.39 is 6.04 Å². The normalized spacial score (nSPS) is 11.6. The van der Waals surface area contributed by atoms with Crippen molar-refractivity contribution in [2.45, 2.75) is 58.7 Å². The van der Waals surface area contributed by atoms with Crippen LogP contribution in [0.5, 0.6) is 11.5 Å². The van der Waals surface area contributed by atoms with Gasteiger partial charge in [0.2, 0.25) is 11.8 Å². The van der Waals surface area contributed by atoms with Crippen molar-refractivity contribution in [2.75, 3.05) is 13.7 Å². The zero-order valence-electron chi connectivity index (χ0n) is 19.0. The summed E-state index contributed by atoms with van der Waals surface area (Å²) in [5.74, 6) is 1.36. The molecule has 6 nitrogen and oxygen atoms in total. The maximum atomic E-state index is 13.1. The first-order valence-electron chi connectivity index (χ1n) is 10.8. The Hall–Kier alpha value is -3.02. The fourth-order valence-corrected chi connectivity index (χ4v) is 3.30. The molecule has 0 aliphatic rings. The van der Waals surface area contributed by atoms with Crippen molar-refractivity contribution in [1.82, 2.24) is 10.2 Å². The van der Waals surface area contributed by atoms with E-state index in [2.05, 4.69) is 5.32 Å². The van der Waals surface area contributed by atoms with Gasteiger partial charge in [0.05, 0.1) is 13.7 Å². The Balaban J connectivity index is 2.06. The predicted molar refractivity (Wildman–Crippen MR) is 122 cm³/mol. The number of nitrogens with zero attached hydrogens (tertiary/aromatic N) is 1. The number of rotatable bonds is 12. The van der Waals surface area contributed by atoms with Crippen molar-refractivity contribution in [2.24, 2.45) is 0 Å². The topological polar surface area (TPSA) is 67.9 Å². The van der Waals surface area contributed by atoms with Crippen molar-refractivity contribution in [3.8, 4) is 11.5 Å². The Labute approximate surface area is 185 Å². The molecule has 0 fully saturated rings. The van der Waals surface area contributed by atoms with Gasteiger partial charge in [-0.15, -0.1) is 0 Å². The van der Waals surface area contributed by atoms with Gasteiger partial charge in [-0.05, 0) is 56.5 Å². The minimum atomic E-state index is -0.521. The summed E-state index contributed by atoms with van der Waals surface area (Å²) in [4.78, 5) is 27.6. The summed E-state index contributed by atoms with van der Waals surface area (Å²) >= 11 is 0. The molecule has 0 unspecified atom stereocenters. The molecule has 2 aromatic rings. The molecule has 0 bridgehead atoms. The number of carbonyl (C=O) groups is 2. The number of benzene rings is 2. The van der Waals surface area contributed by atoms with E-state index in [4.69, 9.17) is 9.47 Å². The van der Waals surface area contributed by atoms with Gasteiger partial charge in [-0.25, -0.2) is 0 Å². The van der Waals surface area contributed by atoms with Crippen molar-refractivity contribution in [1.29, 1.82) is 0 Å². The molecule has 6 heteroatoms. The highest BCUT2D eigenvalue weighted by molar-refractivity contribution is 5.87. The van der Waals surface area contributed by atoms with E-state index in [1.807, 2.05) is 75.4 Å². The molecular weight excluding hydrogens is 392 g/mol. The Morgan fingerprint density at radius 1 is 1.00 bits per heavy atom. The standard InChI is InChI=1S/C25H34N2O4/c1-5-23(25(29)26-19(2)3)27(18-20-13-15-21(30-4)16-14-20)24(28)12-9-17-31-22-10-7-6-8-11-22/h6-8,10-11,13-16,19,23H,5,9,12,17-18H2,1-4H3,(H,26,29)/t23-/m1/s1. The van der Waals surface area contributed by atoms with E-state index in [1.165, 1.54) is 0 Å². The van der Waals surface area contributed by atoms with Crippen LogP contribution in [-0.2, 0) is 16.1 Å². The van der Waals surface area contributed by atoms with Gasteiger partial charge in [-0.2, -0.15) is 0 Å². The average Bonchev–Trinajstić information content (AvgIpc) is 2.77. The first-order valence-corrected chi connectivity index (χ1v) is 10.8. The molecule has 2 amide bonds. The zero-order chi connectivity index (χ0) is 22.6. The Morgan fingerprint density at radius 3 is 2.26 bits per heavy atom. The van der Waals surface area contributed by atoms with E-state index in [9.17, 15) is 9.59 Å². The molecule has 0 saturated heterocycles. The Kier molecular flexibility index (Phi) is 9.88. The summed E-state index contributed by atoms with van der Waals surface area (Å²) in [6.45, 7) is 6.58. The van der Waals surface area contributed by atoms with Gasteiger partial charge in [0.15, 0.2) is 0 Å². The number of hydrogen-bond acceptors (Lipinski definition) is 4. The van der Waals surface area contributed by atoms with E-state index in [-0.39, 0.29) is 17.9 Å². The van der Waals surface area contributed by atoms with Gasteiger partial charge in [-0.3, -0.25) is 9.59 Å². The number of methoxy groups -OCH3 is 1. The van der Waals surface area contributed by atoms with Crippen molar-refractivity contribution < 1.29 is 19.1 Å². The van der Waals surface area contributed by atoms with Crippen LogP contribution in [0.15, 0.2) is 54.6 Å². The molecule has 0 radical (unpaired) electrons. The number of nitrogens with one attached hydrogen (secondary N) is 1. The van der Waals surface area contributed by atoms with E-state index in [1.54, 1.807) is 12.0 Å². The predicted octanol–water partition coefficient (Wildman–Crippen LogP) is 4.19. The van der Waals surface area contributed by atoms with Crippen LogP contribution >= 0.6 is 0 Å². The second-order valence-electron chi connectivity index (χ2n) is 7.72. The summed E-state index contributed by atoms with van der Waals surface area (Å²) in [7, 11) is 1.62. The molecule has 31 heavy (non-hydrogen) atoms.